The zero-order chi connectivity index (χ0) is 9.47. The standard InChI is InChI=1S/C9H14N2OS/c1-6-2-7(3-13-6)8(10)9(12)4-11-5-9/h2-3,8,11-12H,4-5,10H2,1H3. The van der Waals surface area contributed by atoms with Crippen LogP contribution in [0.4, 0.5) is 0 Å². The predicted octanol–water partition coefficient (Wildman–Crippen LogP) is 0.391. The molecule has 0 amide bonds. The summed E-state index contributed by atoms with van der Waals surface area (Å²) in [5.41, 5.74) is 6.28. The minimum Gasteiger partial charge on any atom is -0.385 e. The fourth-order valence-electron chi connectivity index (χ4n) is 1.54. The molecule has 2 heterocycles. The van der Waals surface area contributed by atoms with Crippen molar-refractivity contribution < 1.29 is 5.11 Å². The van der Waals surface area contributed by atoms with Gasteiger partial charge in [-0.15, -0.1) is 11.3 Å². The Kier molecular flexibility index (Phi) is 2.15. The summed E-state index contributed by atoms with van der Waals surface area (Å²) in [6.45, 7) is 3.25. The van der Waals surface area contributed by atoms with Crippen LogP contribution in [0.25, 0.3) is 0 Å². The summed E-state index contributed by atoms with van der Waals surface area (Å²) in [5, 5.41) is 15.0. The maximum Gasteiger partial charge on any atom is 0.109 e. The molecule has 1 aromatic heterocycles. The van der Waals surface area contributed by atoms with E-state index in [-0.39, 0.29) is 6.04 Å². The van der Waals surface area contributed by atoms with Gasteiger partial charge in [-0.25, -0.2) is 0 Å². The van der Waals surface area contributed by atoms with Crippen molar-refractivity contribution in [2.45, 2.75) is 18.6 Å². The third-order valence-corrected chi connectivity index (χ3v) is 3.43. The van der Waals surface area contributed by atoms with Crippen LogP contribution >= 0.6 is 11.3 Å². The number of β-amino-alcohol motifs (C(OH)–C–C–N with tert-alkyl or cyclic N) is 1. The molecule has 4 heteroatoms. The Bertz CT molecular complexity index is 306. The third kappa shape index (κ3) is 1.50. The van der Waals surface area contributed by atoms with Gasteiger partial charge >= 0.3 is 0 Å². The number of thiophene rings is 1. The first-order valence-electron chi connectivity index (χ1n) is 4.35. The summed E-state index contributed by atoms with van der Waals surface area (Å²) in [6.07, 6.45) is 0. The Hall–Kier alpha value is -0.420. The first-order chi connectivity index (χ1) is 6.12. The lowest BCUT2D eigenvalue weighted by Gasteiger charge is -2.42. The lowest BCUT2D eigenvalue weighted by molar-refractivity contribution is -0.0332. The maximum atomic E-state index is 9.96. The van der Waals surface area contributed by atoms with Gasteiger partial charge in [0.2, 0.25) is 0 Å². The molecule has 1 saturated heterocycles. The summed E-state index contributed by atoms with van der Waals surface area (Å²) >= 11 is 1.67. The number of aliphatic hydroxyl groups is 1. The molecule has 0 aromatic carbocycles. The van der Waals surface area contributed by atoms with Crippen molar-refractivity contribution in [2.24, 2.45) is 5.73 Å². The van der Waals surface area contributed by atoms with Gasteiger partial charge in [0.1, 0.15) is 5.60 Å². The van der Waals surface area contributed by atoms with Gasteiger partial charge in [-0.3, -0.25) is 0 Å². The number of nitrogens with one attached hydrogen (secondary N) is 1. The van der Waals surface area contributed by atoms with E-state index in [0.29, 0.717) is 13.1 Å². The van der Waals surface area contributed by atoms with Gasteiger partial charge in [0, 0.05) is 18.0 Å². The Labute approximate surface area is 81.6 Å². The highest BCUT2D eigenvalue weighted by Gasteiger charge is 2.41. The van der Waals surface area contributed by atoms with E-state index in [2.05, 4.69) is 5.32 Å². The molecule has 1 fully saturated rings. The Morgan fingerprint density at radius 2 is 2.38 bits per heavy atom. The summed E-state index contributed by atoms with van der Waals surface area (Å²) in [5.74, 6) is 0. The summed E-state index contributed by atoms with van der Waals surface area (Å²) in [4.78, 5) is 1.24. The van der Waals surface area contributed by atoms with Gasteiger partial charge in [0.25, 0.3) is 0 Å². The average Bonchev–Trinajstić information content (AvgIpc) is 2.46. The largest absolute Gasteiger partial charge is 0.385 e. The van der Waals surface area contributed by atoms with Gasteiger partial charge in [-0.2, -0.15) is 0 Å². The third-order valence-electron chi connectivity index (χ3n) is 2.55. The van der Waals surface area contributed by atoms with Crippen molar-refractivity contribution in [3.05, 3.63) is 21.9 Å². The van der Waals surface area contributed by atoms with E-state index in [1.807, 2.05) is 18.4 Å². The van der Waals surface area contributed by atoms with E-state index in [9.17, 15) is 5.11 Å². The number of hydrogen-bond acceptors (Lipinski definition) is 4. The molecule has 1 aliphatic rings. The van der Waals surface area contributed by atoms with E-state index in [1.165, 1.54) is 4.88 Å². The number of rotatable bonds is 2. The highest BCUT2D eigenvalue weighted by Crippen LogP contribution is 2.29. The normalized spacial score (nSPS) is 22.4. The molecule has 13 heavy (non-hydrogen) atoms. The SMILES string of the molecule is Cc1cc(C(N)C2(O)CNC2)cs1. The first kappa shape index (κ1) is 9.15. The lowest BCUT2D eigenvalue weighted by Crippen LogP contribution is -2.64. The van der Waals surface area contributed by atoms with Crippen molar-refractivity contribution in [3.8, 4) is 0 Å². The maximum absolute atomic E-state index is 9.96. The Balaban J connectivity index is 2.17. The first-order valence-corrected chi connectivity index (χ1v) is 5.23. The zero-order valence-electron chi connectivity index (χ0n) is 7.58. The topological polar surface area (TPSA) is 58.3 Å². The summed E-state index contributed by atoms with van der Waals surface area (Å²) in [6, 6.07) is 1.80. The zero-order valence-corrected chi connectivity index (χ0v) is 8.40. The molecule has 0 aliphatic carbocycles. The predicted molar refractivity (Wildman–Crippen MR) is 53.8 cm³/mol. The fraction of sp³-hybridized carbons (Fsp3) is 0.556. The molecule has 0 radical (unpaired) electrons. The molecule has 0 saturated carbocycles. The van der Waals surface area contributed by atoms with E-state index in [4.69, 9.17) is 5.73 Å². The molecule has 1 unspecified atom stereocenters. The molecule has 0 bridgehead atoms. The van der Waals surface area contributed by atoms with Gasteiger partial charge in [-0.05, 0) is 23.9 Å². The van der Waals surface area contributed by atoms with Gasteiger partial charge in [0.15, 0.2) is 0 Å². The van der Waals surface area contributed by atoms with Crippen LogP contribution in [-0.4, -0.2) is 23.8 Å². The van der Waals surface area contributed by atoms with Crippen molar-refractivity contribution in [2.75, 3.05) is 13.1 Å². The highest BCUT2D eigenvalue weighted by atomic mass is 32.1. The fourth-order valence-corrected chi connectivity index (χ4v) is 2.28. The van der Waals surface area contributed by atoms with Crippen LogP contribution in [0.15, 0.2) is 11.4 Å². The number of hydrogen-bond donors (Lipinski definition) is 3. The minimum atomic E-state index is -0.729. The van der Waals surface area contributed by atoms with Gasteiger partial charge in [-0.1, -0.05) is 0 Å². The summed E-state index contributed by atoms with van der Waals surface area (Å²) < 4.78 is 0. The van der Waals surface area contributed by atoms with Crippen LogP contribution in [0.1, 0.15) is 16.5 Å². The molecule has 1 atom stereocenters. The summed E-state index contributed by atoms with van der Waals surface area (Å²) in [7, 11) is 0. The minimum absolute atomic E-state index is 0.251. The van der Waals surface area contributed by atoms with Gasteiger partial charge < -0.3 is 16.2 Å². The molecular formula is C9H14N2OS. The molecule has 2 rings (SSSR count). The molecule has 1 aromatic rings. The van der Waals surface area contributed by atoms with Crippen LogP contribution in [0, 0.1) is 6.92 Å². The van der Waals surface area contributed by atoms with Crippen LogP contribution in [0.2, 0.25) is 0 Å². The van der Waals surface area contributed by atoms with E-state index < -0.39 is 5.60 Å². The monoisotopic (exact) mass is 198 g/mol. The lowest BCUT2D eigenvalue weighted by atomic mass is 9.85. The molecule has 1 aliphatic heterocycles. The van der Waals surface area contributed by atoms with Crippen LogP contribution in [0.3, 0.4) is 0 Å². The molecule has 4 N–H and O–H groups in total. The number of aryl methyl sites for hydroxylation is 1. The quantitative estimate of drug-likeness (QED) is 0.644. The Morgan fingerprint density at radius 1 is 1.69 bits per heavy atom. The van der Waals surface area contributed by atoms with E-state index in [1.54, 1.807) is 11.3 Å². The van der Waals surface area contributed by atoms with Crippen molar-refractivity contribution in [3.63, 3.8) is 0 Å². The second-order valence-corrected chi connectivity index (χ2v) is 4.79. The molecular weight excluding hydrogens is 184 g/mol. The molecule has 72 valence electrons. The molecule has 3 nitrogen and oxygen atoms in total. The van der Waals surface area contributed by atoms with E-state index >= 15 is 0 Å². The van der Waals surface area contributed by atoms with Crippen LogP contribution < -0.4 is 11.1 Å². The van der Waals surface area contributed by atoms with Gasteiger partial charge in [0.05, 0.1) is 6.04 Å². The second kappa shape index (κ2) is 3.06. The Morgan fingerprint density at radius 3 is 2.77 bits per heavy atom. The average molecular weight is 198 g/mol. The number of nitrogens with two attached hydrogens (primary N) is 1. The second-order valence-electron chi connectivity index (χ2n) is 3.68. The smallest absolute Gasteiger partial charge is 0.109 e. The van der Waals surface area contributed by atoms with Crippen LogP contribution in [0.5, 0.6) is 0 Å². The van der Waals surface area contributed by atoms with Crippen molar-refractivity contribution >= 4 is 11.3 Å². The van der Waals surface area contributed by atoms with Crippen molar-refractivity contribution in [1.82, 2.24) is 5.32 Å². The van der Waals surface area contributed by atoms with E-state index in [0.717, 1.165) is 5.56 Å². The van der Waals surface area contributed by atoms with Crippen LogP contribution in [-0.2, 0) is 0 Å². The molecule has 0 spiro atoms. The van der Waals surface area contributed by atoms with Crippen molar-refractivity contribution in [1.29, 1.82) is 0 Å². The highest BCUT2D eigenvalue weighted by molar-refractivity contribution is 7.10.